The standard InChI is InChI=1S/C11H11NO2/c13-8-12-7-3-6-11(14)9-4-1-2-5-10(9)12/h1-2,4-5,8H,3,6-7H2. The van der Waals surface area contributed by atoms with Crippen LogP contribution in [0.3, 0.4) is 0 Å². The largest absolute Gasteiger partial charge is 0.314 e. The van der Waals surface area contributed by atoms with Gasteiger partial charge >= 0.3 is 0 Å². The Balaban J connectivity index is 2.52. The molecule has 0 unspecified atom stereocenters. The minimum atomic E-state index is 0.130. The Hall–Kier alpha value is -1.64. The van der Waals surface area contributed by atoms with Gasteiger partial charge in [-0.2, -0.15) is 0 Å². The summed E-state index contributed by atoms with van der Waals surface area (Å²) in [6.07, 6.45) is 2.06. The quantitative estimate of drug-likeness (QED) is 0.629. The second-order valence-electron chi connectivity index (χ2n) is 3.34. The first-order chi connectivity index (χ1) is 6.83. The van der Waals surface area contributed by atoms with Crippen LogP contribution in [0.2, 0.25) is 0 Å². The van der Waals surface area contributed by atoms with Crippen LogP contribution in [0.5, 0.6) is 0 Å². The summed E-state index contributed by atoms with van der Waals surface area (Å²) in [4.78, 5) is 24.0. The van der Waals surface area contributed by atoms with Crippen LogP contribution in [0.15, 0.2) is 24.3 Å². The van der Waals surface area contributed by atoms with Gasteiger partial charge in [0.25, 0.3) is 0 Å². The first kappa shape index (κ1) is 8.94. The monoisotopic (exact) mass is 189 g/mol. The third-order valence-electron chi connectivity index (χ3n) is 2.44. The first-order valence-electron chi connectivity index (χ1n) is 4.67. The van der Waals surface area contributed by atoms with Crippen LogP contribution in [-0.4, -0.2) is 18.7 Å². The number of nitrogens with zero attached hydrogens (tertiary/aromatic N) is 1. The minimum absolute atomic E-state index is 0.130. The fraction of sp³-hybridized carbons (Fsp3) is 0.273. The smallest absolute Gasteiger partial charge is 0.214 e. The van der Waals surface area contributed by atoms with Gasteiger partial charge < -0.3 is 4.90 Å². The summed E-state index contributed by atoms with van der Waals surface area (Å²) in [6, 6.07) is 7.26. The van der Waals surface area contributed by atoms with E-state index in [4.69, 9.17) is 0 Å². The maximum atomic E-state index is 11.6. The maximum Gasteiger partial charge on any atom is 0.214 e. The third kappa shape index (κ3) is 1.41. The molecule has 2 rings (SSSR count). The lowest BCUT2D eigenvalue weighted by atomic mass is 10.1. The van der Waals surface area contributed by atoms with Gasteiger partial charge in [-0.15, -0.1) is 0 Å². The average molecular weight is 189 g/mol. The highest BCUT2D eigenvalue weighted by Crippen LogP contribution is 2.24. The van der Waals surface area contributed by atoms with E-state index in [-0.39, 0.29) is 5.78 Å². The van der Waals surface area contributed by atoms with Crippen LogP contribution in [-0.2, 0) is 4.79 Å². The molecule has 0 bridgehead atoms. The van der Waals surface area contributed by atoms with Crippen LogP contribution in [0.25, 0.3) is 0 Å². The zero-order chi connectivity index (χ0) is 9.97. The Bertz CT molecular complexity index is 373. The number of hydrogen-bond acceptors (Lipinski definition) is 2. The molecule has 1 aliphatic rings. The van der Waals surface area contributed by atoms with Gasteiger partial charge in [-0.05, 0) is 18.6 Å². The van der Waals surface area contributed by atoms with E-state index in [1.807, 2.05) is 18.2 Å². The molecular weight excluding hydrogens is 178 g/mol. The van der Waals surface area contributed by atoms with Crippen LogP contribution in [0.4, 0.5) is 5.69 Å². The van der Waals surface area contributed by atoms with Crippen LogP contribution < -0.4 is 4.90 Å². The van der Waals surface area contributed by atoms with E-state index in [2.05, 4.69) is 0 Å². The molecule has 1 aromatic carbocycles. The van der Waals surface area contributed by atoms with Gasteiger partial charge in [0.2, 0.25) is 6.41 Å². The summed E-state index contributed by atoms with van der Waals surface area (Å²) in [5, 5.41) is 0. The number of amides is 1. The van der Waals surface area contributed by atoms with Gasteiger partial charge in [-0.3, -0.25) is 9.59 Å². The van der Waals surface area contributed by atoms with Crippen molar-refractivity contribution in [2.45, 2.75) is 12.8 Å². The molecule has 0 atom stereocenters. The summed E-state index contributed by atoms with van der Waals surface area (Å²) in [5.41, 5.74) is 1.40. The lowest BCUT2D eigenvalue weighted by Gasteiger charge is -2.15. The topological polar surface area (TPSA) is 37.4 Å². The molecule has 1 aromatic rings. The summed E-state index contributed by atoms with van der Waals surface area (Å²) < 4.78 is 0. The molecule has 0 aliphatic carbocycles. The number of ketones is 1. The van der Waals surface area contributed by atoms with Gasteiger partial charge in [0.05, 0.1) is 5.69 Å². The lowest BCUT2D eigenvalue weighted by Crippen LogP contribution is -2.21. The normalized spacial score (nSPS) is 16.0. The molecule has 72 valence electrons. The van der Waals surface area contributed by atoms with Crippen molar-refractivity contribution >= 4 is 17.9 Å². The van der Waals surface area contributed by atoms with Gasteiger partial charge in [0.15, 0.2) is 5.78 Å². The fourth-order valence-electron chi connectivity index (χ4n) is 1.73. The van der Waals surface area contributed by atoms with Crippen molar-refractivity contribution in [3.63, 3.8) is 0 Å². The highest BCUT2D eigenvalue weighted by Gasteiger charge is 2.19. The Kier molecular flexibility index (Phi) is 2.31. The van der Waals surface area contributed by atoms with Gasteiger partial charge in [0, 0.05) is 18.5 Å². The average Bonchev–Trinajstić information content (AvgIpc) is 2.39. The summed E-state index contributed by atoms with van der Waals surface area (Å²) in [6.45, 7) is 0.631. The molecule has 3 heteroatoms. The van der Waals surface area contributed by atoms with Crippen LogP contribution >= 0.6 is 0 Å². The molecule has 0 fully saturated rings. The molecule has 0 N–H and O–H groups in total. The summed E-state index contributed by atoms with van der Waals surface area (Å²) in [5.74, 6) is 0.130. The van der Waals surface area contributed by atoms with Crippen LogP contribution in [0, 0.1) is 0 Å². The molecule has 0 saturated heterocycles. The predicted octanol–water partition coefficient (Wildman–Crippen LogP) is 1.63. The predicted molar refractivity (Wildman–Crippen MR) is 53.4 cm³/mol. The van der Waals surface area contributed by atoms with Crippen molar-refractivity contribution in [3.05, 3.63) is 29.8 Å². The second-order valence-corrected chi connectivity index (χ2v) is 3.34. The van der Waals surface area contributed by atoms with Crippen molar-refractivity contribution in [2.24, 2.45) is 0 Å². The minimum Gasteiger partial charge on any atom is -0.314 e. The molecule has 0 spiro atoms. The second kappa shape index (κ2) is 3.62. The number of benzene rings is 1. The van der Waals surface area contributed by atoms with E-state index in [1.54, 1.807) is 11.0 Å². The molecule has 1 heterocycles. The highest BCUT2D eigenvalue weighted by molar-refractivity contribution is 6.03. The number of carbonyl (C=O) groups is 2. The van der Waals surface area contributed by atoms with E-state index in [1.165, 1.54) is 0 Å². The maximum absolute atomic E-state index is 11.6. The van der Waals surface area contributed by atoms with E-state index in [0.717, 1.165) is 18.5 Å². The molecule has 0 saturated carbocycles. The van der Waals surface area contributed by atoms with Crippen molar-refractivity contribution in [2.75, 3.05) is 11.4 Å². The van der Waals surface area contributed by atoms with Crippen molar-refractivity contribution in [1.82, 2.24) is 0 Å². The number of fused-ring (bicyclic) bond motifs is 1. The van der Waals surface area contributed by atoms with Crippen LogP contribution in [0.1, 0.15) is 23.2 Å². The number of hydrogen-bond donors (Lipinski definition) is 0. The number of Topliss-reactive ketones (excluding diaryl/α,β-unsaturated/α-hetero) is 1. The van der Waals surface area contributed by atoms with Gasteiger partial charge in [0.1, 0.15) is 0 Å². The van der Waals surface area contributed by atoms with Gasteiger partial charge in [-0.25, -0.2) is 0 Å². The highest BCUT2D eigenvalue weighted by atomic mass is 16.1. The Morgan fingerprint density at radius 1 is 1.29 bits per heavy atom. The number of rotatable bonds is 1. The molecule has 3 nitrogen and oxygen atoms in total. The Morgan fingerprint density at radius 2 is 2.07 bits per heavy atom. The molecular formula is C11H11NO2. The number of carbonyl (C=O) groups excluding carboxylic acids is 2. The molecule has 0 aromatic heterocycles. The molecule has 0 radical (unpaired) electrons. The lowest BCUT2D eigenvalue weighted by molar-refractivity contribution is -0.107. The Labute approximate surface area is 82.3 Å². The third-order valence-corrected chi connectivity index (χ3v) is 2.44. The van der Waals surface area contributed by atoms with E-state index >= 15 is 0 Å². The van der Waals surface area contributed by atoms with E-state index in [0.29, 0.717) is 18.5 Å². The molecule has 1 aliphatic heterocycles. The van der Waals surface area contributed by atoms with Crippen molar-refractivity contribution in [1.29, 1.82) is 0 Å². The van der Waals surface area contributed by atoms with E-state index < -0.39 is 0 Å². The first-order valence-corrected chi connectivity index (χ1v) is 4.67. The van der Waals surface area contributed by atoms with Crippen molar-refractivity contribution < 1.29 is 9.59 Å². The molecule has 14 heavy (non-hydrogen) atoms. The fourth-order valence-corrected chi connectivity index (χ4v) is 1.73. The number of para-hydroxylation sites is 1. The number of anilines is 1. The Morgan fingerprint density at radius 3 is 2.86 bits per heavy atom. The van der Waals surface area contributed by atoms with Crippen molar-refractivity contribution in [3.8, 4) is 0 Å². The summed E-state index contributed by atoms with van der Waals surface area (Å²) in [7, 11) is 0. The SMILES string of the molecule is O=CN1CCCC(=O)c2ccccc21. The molecule has 1 amide bonds. The van der Waals surface area contributed by atoms with E-state index in [9.17, 15) is 9.59 Å². The zero-order valence-corrected chi connectivity index (χ0v) is 7.77. The zero-order valence-electron chi connectivity index (χ0n) is 7.77. The summed E-state index contributed by atoms with van der Waals surface area (Å²) >= 11 is 0. The van der Waals surface area contributed by atoms with Gasteiger partial charge in [-0.1, -0.05) is 12.1 Å².